The molecule has 0 radical (unpaired) electrons. The molecule has 1 saturated heterocycles. The molecular weight excluding hydrogens is 356 g/mol. The molecule has 1 aromatic rings. The fourth-order valence-electron chi connectivity index (χ4n) is 2.90. The highest BCUT2D eigenvalue weighted by molar-refractivity contribution is 8.00. The molecule has 2 amide bonds. The van der Waals surface area contributed by atoms with Crippen molar-refractivity contribution in [3.05, 3.63) is 33.9 Å². The van der Waals surface area contributed by atoms with Crippen LogP contribution in [-0.4, -0.2) is 53.6 Å². The van der Waals surface area contributed by atoms with E-state index in [1.165, 1.54) is 12.1 Å². The lowest BCUT2D eigenvalue weighted by Crippen LogP contribution is -2.41. The van der Waals surface area contributed by atoms with Crippen molar-refractivity contribution in [2.75, 3.05) is 31.9 Å². The van der Waals surface area contributed by atoms with Gasteiger partial charge >= 0.3 is 0 Å². The molecule has 1 aliphatic rings. The van der Waals surface area contributed by atoms with Crippen LogP contribution in [0.4, 0.5) is 5.69 Å². The number of carbonyl (C=O) groups excluding carboxylic acids is 2. The molecule has 0 spiro atoms. The van der Waals surface area contributed by atoms with Crippen LogP contribution in [0, 0.1) is 16.0 Å². The first-order chi connectivity index (χ1) is 12.4. The zero-order valence-corrected chi connectivity index (χ0v) is 15.6. The zero-order valence-electron chi connectivity index (χ0n) is 14.8. The van der Waals surface area contributed by atoms with Gasteiger partial charge in [-0.05, 0) is 44.0 Å². The number of nitrogens with one attached hydrogen (secondary N) is 1. The van der Waals surface area contributed by atoms with Crippen LogP contribution in [0.1, 0.15) is 30.1 Å². The number of carbonyl (C=O) groups is 2. The Labute approximate surface area is 156 Å². The van der Waals surface area contributed by atoms with Crippen LogP contribution < -0.4 is 11.1 Å². The second kappa shape index (κ2) is 9.54. The predicted octanol–water partition coefficient (Wildman–Crippen LogP) is 1.63. The Morgan fingerprint density at radius 2 is 2.08 bits per heavy atom. The average molecular weight is 380 g/mol. The van der Waals surface area contributed by atoms with E-state index < -0.39 is 10.8 Å². The Bertz CT molecular complexity index is 675. The van der Waals surface area contributed by atoms with Crippen molar-refractivity contribution in [2.45, 2.75) is 24.7 Å². The van der Waals surface area contributed by atoms with Crippen LogP contribution in [-0.2, 0) is 4.79 Å². The molecule has 0 aromatic heterocycles. The Kier molecular flexibility index (Phi) is 7.40. The Hall–Kier alpha value is -2.13. The van der Waals surface area contributed by atoms with E-state index in [0.717, 1.165) is 56.8 Å². The number of primary amides is 1. The van der Waals surface area contributed by atoms with Crippen molar-refractivity contribution in [1.29, 1.82) is 0 Å². The molecule has 0 unspecified atom stereocenters. The lowest BCUT2D eigenvalue weighted by atomic mass is 9.97. The third kappa shape index (κ3) is 5.43. The molecule has 0 aliphatic carbocycles. The van der Waals surface area contributed by atoms with Crippen LogP contribution in [0.2, 0.25) is 0 Å². The van der Waals surface area contributed by atoms with Gasteiger partial charge in [0.1, 0.15) is 0 Å². The summed E-state index contributed by atoms with van der Waals surface area (Å²) in [4.78, 5) is 36.4. The van der Waals surface area contributed by atoms with E-state index in [0.29, 0.717) is 10.8 Å². The maximum absolute atomic E-state index is 12.4. The van der Waals surface area contributed by atoms with Gasteiger partial charge in [-0.3, -0.25) is 19.7 Å². The number of rotatable bonds is 8. The van der Waals surface area contributed by atoms with Crippen LogP contribution in [0.5, 0.6) is 0 Å². The summed E-state index contributed by atoms with van der Waals surface area (Å²) in [6, 6.07) is 4.06. The van der Waals surface area contributed by atoms with E-state index in [2.05, 4.69) is 12.2 Å². The largest absolute Gasteiger partial charge is 0.366 e. The molecule has 26 heavy (non-hydrogen) atoms. The first-order valence-electron chi connectivity index (χ1n) is 8.62. The normalized spacial score (nSPS) is 15.0. The van der Waals surface area contributed by atoms with Gasteiger partial charge in [-0.15, -0.1) is 11.8 Å². The highest BCUT2D eigenvalue weighted by atomic mass is 32.2. The second-order valence-corrected chi connectivity index (χ2v) is 7.24. The van der Waals surface area contributed by atoms with Gasteiger partial charge in [-0.2, -0.15) is 0 Å². The number of nitro benzene ring substituents is 1. The number of nitro groups is 1. The van der Waals surface area contributed by atoms with Gasteiger partial charge in [0.15, 0.2) is 0 Å². The van der Waals surface area contributed by atoms with Crippen LogP contribution in [0.15, 0.2) is 23.1 Å². The molecule has 8 nitrogen and oxygen atoms in total. The minimum Gasteiger partial charge on any atom is -0.366 e. The van der Waals surface area contributed by atoms with E-state index in [9.17, 15) is 19.7 Å². The van der Waals surface area contributed by atoms with Gasteiger partial charge in [0.2, 0.25) is 11.8 Å². The fourth-order valence-corrected chi connectivity index (χ4v) is 3.81. The summed E-state index contributed by atoms with van der Waals surface area (Å²) in [5.74, 6) is -0.0188. The molecule has 2 rings (SSSR count). The van der Waals surface area contributed by atoms with Gasteiger partial charge in [0, 0.05) is 24.7 Å². The molecular formula is C17H24N4O4S. The first-order valence-corrected chi connectivity index (χ1v) is 9.60. The number of likely N-dealkylation sites (tertiary alicyclic amines) is 1. The average Bonchev–Trinajstić information content (AvgIpc) is 2.64. The number of nitrogens with two attached hydrogens (primary N) is 1. The van der Waals surface area contributed by atoms with E-state index in [1.807, 2.05) is 4.90 Å². The maximum atomic E-state index is 12.4. The Balaban J connectivity index is 1.91. The highest BCUT2D eigenvalue weighted by Crippen LogP contribution is 2.30. The summed E-state index contributed by atoms with van der Waals surface area (Å²) < 4.78 is 0. The topological polar surface area (TPSA) is 119 Å². The number of hydrogen-bond acceptors (Lipinski definition) is 6. The van der Waals surface area contributed by atoms with Crippen molar-refractivity contribution in [2.24, 2.45) is 11.7 Å². The van der Waals surface area contributed by atoms with E-state index in [-0.39, 0.29) is 22.9 Å². The summed E-state index contributed by atoms with van der Waals surface area (Å²) in [6.07, 6.45) is 1.94. The van der Waals surface area contributed by atoms with Crippen LogP contribution in [0.25, 0.3) is 0 Å². The van der Waals surface area contributed by atoms with Crippen LogP contribution >= 0.6 is 11.8 Å². The van der Waals surface area contributed by atoms with Gasteiger partial charge < -0.3 is 16.0 Å². The lowest BCUT2D eigenvalue weighted by molar-refractivity contribution is -0.387. The number of thioether (sulfide) groups is 1. The van der Waals surface area contributed by atoms with Crippen molar-refractivity contribution < 1.29 is 14.5 Å². The highest BCUT2D eigenvalue weighted by Gasteiger charge is 2.24. The van der Waals surface area contributed by atoms with Crippen LogP contribution in [0.3, 0.4) is 0 Å². The van der Waals surface area contributed by atoms with E-state index in [1.54, 1.807) is 0 Å². The molecule has 1 aliphatic heterocycles. The summed E-state index contributed by atoms with van der Waals surface area (Å²) >= 11 is 1.11. The van der Waals surface area contributed by atoms with Crippen molar-refractivity contribution >= 4 is 29.3 Å². The van der Waals surface area contributed by atoms with Crippen molar-refractivity contribution in [1.82, 2.24) is 10.2 Å². The predicted molar refractivity (Wildman–Crippen MR) is 100 cm³/mol. The maximum Gasteiger partial charge on any atom is 0.283 e. The van der Waals surface area contributed by atoms with E-state index >= 15 is 0 Å². The minimum atomic E-state index is -0.721. The Morgan fingerprint density at radius 3 is 2.65 bits per heavy atom. The van der Waals surface area contributed by atoms with Gasteiger partial charge in [0.25, 0.3) is 5.69 Å². The molecule has 3 N–H and O–H groups in total. The summed E-state index contributed by atoms with van der Waals surface area (Å²) in [7, 11) is 0. The third-order valence-electron chi connectivity index (χ3n) is 4.44. The number of benzene rings is 1. The number of piperidine rings is 1. The minimum absolute atomic E-state index is 0.0230. The van der Waals surface area contributed by atoms with Crippen molar-refractivity contribution in [3.8, 4) is 0 Å². The fraction of sp³-hybridized carbons (Fsp3) is 0.529. The quantitative estimate of drug-likeness (QED) is 0.402. The standard InChI is InChI=1S/C17H24N4O4S/c1-2-19-10-12-5-7-20(8-6-12)16(22)11-26-15-4-3-13(17(18)23)9-14(15)21(24)25/h3-4,9,12,19H,2,5-8,10-11H2,1H3,(H2,18,23). The number of hydrogen-bond donors (Lipinski definition) is 2. The zero-order chi connectivity index (χ0) is 19.1. The summed E-state index contributed by atoms with van der Waals surface area (Å²) in [5, 5.41) is 14.5. The molecule has 0 saturated carbocycles. The Morgan fingerprint density at radius 1 is 1.38 bits per heavy atom. The third-order valence-corrected chi connectivity index (χ3v) is 5.49. The number of amides is 2. The summed E-state index contributed by atoms with van der Waals surface area (Å²) in [6.45, 7) is 5.44. The second-order valence-electron chi connectivity index (χ2n) is 6.22. The molecule has 1 heterocycles. The van der Waals surface area contributed by atoms with Gasteiger partial charge in [-0.1, -0.05) is 6.92 Å². The SMILES string of the molecule is CCNCC1CCN(C(=O)CSc2ccc(C(N)=O)cc2[N+](=O)[O-])CC1. The molecule has 1 aromatic carbocycles. The summed E-state index contributed by atoms with van der Waals surface area (Å²) in [5.41, 5.74) is 5.03. The number of nitrogens with zero attached hydrogens (tertiary/aromatic N) is 2. The van der Waals surface area contributed by atoms with Gasteiger partial charge in [-0.25, -0.2) is 0 Å². The molecule has 0 bridgehead atoms. The first kappa shape index (κ1) is 20.2. The van der Waals surface area contributed by atoms with Gasteiger partial charge in [0.05, 0.1) is 15.6 Å². The molecule has 1 fully saturated rings. The monoisotopic (exact) mass is 380 g/mol. The van der Waals surface area contributed by atoms with E-state index in [4.69, 9.17) is 5.73 Å². The van der Waals surface area contributed by atoms with Crippen molar-refractivity contribution in [3.63, 3.8) is 0 Å². The molecule has 9 heteroatoms. The smallest absolute Gasteiger partial charge is 0.283 e. The lowest BCUT2D eigenvalue weighted by Gasteiger charge is -2.32. The molecule has 142 valence electrons. The molecule has 0 atom stereocenters.